The van der Waals surface area contributed by atoms with Gasteiger partial charge in [0.25, 0.3) is 0 Å². The highest BCUT2D eigenvalue weighted by atomic mass is 15.2. The second kappa shape index (κ2) is 9.15. The van der Waals surface area contributed by atoms with Gasteiger partial charge in [0.1, 0.15) is 0 Å². The predicted molar refractivity (Wildman–Crippen MR) is 94.7 cm³/mol. The Balaban J connectivity index is 2.79. The summed E-state index contributed by atoms with van der Waals surface area (Å²) in [4.78, 5) is 2.63. The number of hydrogen-bond acceptors (Lipinski definition) is 2. The van der Waals surface area contributed by atoms with Crippen molar-refractivity contribution in [2.75, 3.05) is 13.6 Å². The molecule has 0 aliphatic heterocycles. The molecule has 2 N–H and O–H groups in total. The highest BCUT2D eigenvalue weighted by Crippen LogP contribution is 2.34. The van der Waals surface area contributed by atoms with Crippen LogP contribution in [0.4, 0.5) is 0 Å². The van der Waals surface area contributed by atoms with Crippen LogP contribution in [0.25, 0.3) is 0 Å². The van der Waals surface area contributed by atoms with Gasteiger partial charge in [0.2, 0.25) is 0 Å². The fourth-order valence-electron chi connectivity index (χ4n) is 3.83. The smallest absolute Gasteiger partial charge is 0.0334 e. The standard InChI is InChI=1S/C19H40N2/c1-5-18(2,3)21(4)19(17-20)15-13-11-9-7-6-8-10-12-14-16-19/h5-17,20H2,1-4H3. The van der Waals surface area contributed by atoms with Crippen LogP contribution >= 0.6 is 0 Å². The van der Waals surface area contributed by atoms with E-state index in [4.69, 9.17) is 5.73 Å². The first-order valence-electron chi connectivity index (χ1n) is 9.42. The largest absolute Gasteiger partial charge is 0.329 e. The fourth-order valence-corrected chi connectivity index (χ4v) is 3.83. The molecule has 0 unspecified atom stereocenters. The summed E-state index contributed by atoms with van der Waals surface area (Å²) in [6.45, 7) is 7.87. The third kappa shape index (κ3) is 5.56. The van der Waals surface area contributed by atoms with Gasteiger partial charge in [0, 0.05) is 17.6 Å². The number of nitrogens with zero attached hydrogens (tertiary/aromatic N) is 1. The number of rotatable bonds is 4. The molecule has 0 aromatic heterocycles. The van der Waals surface area contributed by atoms with Crippen molar-refractivity contribution in [3.05, 3.63) is 0 Å². The van der Waals surface area contributed by atoms with Gasteiger partial charge in [0.05, 0.1) is 0 Å². The van der Waals surface area contributed by atoms with Crippen molar-refractivity contribution in [1.29, 1.82) is 0 Å². The molecule has 21 heavy (non-hydrogen) atoms. The zero-order valence-electron chi connectivity index (χ0n) is 15.2. The lowest BCUT2D eigenvalue weighted by atomic mass is 9.80. The maximum absolute atomic E-state index is 6.33. The minimum atomic E-state index is 0.221. The molecule has 2 nitrogen and oxygen atoms in total. The van der Waals surface area contributed by atoms with Crippen LogP contribution in [0.3, 0.4) is 0 Å². The van der Waals surface area contributed by atoms with Crippen LogP contribution < -0.4 is 5.73 Å². The molecular formula is C19H40N2. The van der Waals surface area contributed by atoms with E-state index in [-0.39, 0.29) is 11.1 Å². The normalized spacial score (nSPS) is 22.6. The predicted octanol–water partition coefficient (Wildman–Crippen LogP) is 5.11. The third-order valence-corrected chi connectivity index (χ3v) is 6.15. The highest BCUT2D eigenvalue weighted by molar-refractivity contribution is 4.96. The summed E-state index contributed by atoms with van der Waals surface area (Å²) in [7, 11) is 2.32. The lowest BCUT2D eigenvalue weighted by Crippen LogP contribution is -2.59. The van der Waals surface area contributed by atoms with Crippen LogP contribution in [-0.2, 0) is 0 Å². The van der Waals surface area contributed by atoms with Crippen LogP contribution in [0, 0.1) is 0 Å². The Bertz CT molecular complexity index is 261. The van der Waals surface area contributed by atoms with E-state index in [0.29, 0.717) is 0 Å². The van der Waals surface area contributed by atoms with Crippen LogP contribution in [0.1, 0.15) is 97.8 Å². The molecule has 0 bridgehead atoms. The second-order valence-electron chi connectivity index (χ2n) is 7.84. The zero-order valence-corrected chi connectivity index (χ0v) is 15.2. The Kier molecular flexibility index (Phi) is 8.26. The molecule has 126 valence electrons. The Morgan fingerprint density at radius 1 is 0.857 bits per heavy atom. The Morgan fingerprint density at radius 3 is 1.57 bits per heavy atom. The molecule has 1 saturated carbocycles. The van der Waals surface area contributed by atoms with Gasteiger partial charge in [-0.1, -0.05) is 64.7 Å². The highest BCUT2D eigenvalue weighted by Gasteiger charge is 2.39. The van der Waals surface area contributed by atoms with Crippen molar-refractivity contribution in [3.63, 3.8) is 0 Å². The van der Waals surface area contributed by atoms with Crippen LogP contribution in [0.5, 0.6) is 0 Å². The Hall–Kier alpha value is -0.0800. The molecule has 0 heterocycles. The van der Waals surface area contributed by atoms with Crippen LogP contribution in [0.2, 0.25) is 0 Å². The molecule has 0 atom stereocenters. The molecule has 0 radical (unpaired) electrons. The van der Waals surface area contributed by atoms with Crippen molar-refractivity contribution in [2.24, 2.45) is 5.73 Å². The summed E-state index contributed by atoms with van der Waals surface area (Å²) in [6.07, 6.45) is 16.4. The minimum Gasteiger partial charge on any atom is -0.329 e. The molecule has 1 aliphatic rings. The molecule has 0 amide bonds. The summed E-state index contributed by atoms with van der Waals surface area (Å²) >= 11 is 0. The van der Waals surface area contributed by atoms with E-state index in [9.17, 15) is 0 Å². The van der Waals surface area contributed by atoms with Gasteiger partial charge < -0.3 is 5.73 Å². The molecule has 1 fully saturated rings. The molecule has 1 aliphatic carbocycles. The Morgan fingerprint density at radius 2 is 1.24 bits per heavy atom. The fraction of sp³-hybridized carbons (Fsp3) is 1.00. The van der Waals surface area contributed by atoms with Gasteiger partial charge in [-0.05, 0) is 40.2 Å². The molecular weight excluding hydrogens is 256 g/mol. The van der Waals surface area contributed by atoms with Crippen LogP contribution in [0.15, 0.2) is 0 Å². The van der Waals surface area contributed by atoms with E-state index < -0.39 is 0 Å². The molecule has 0 aromatic carbocycles. The first kappa shape index (κ1) is 19.0. The SMILES string of the molecule is CCC(C)(C)N(C)C1(CN)CCCCCCCCCCC1. The van der Waals surface area contributed by atoms with Gasteiger partial charge in [-0.2, -0.15) is 0 Å². The van der Waals surface area contributed by atoms with Crippen LogP contribution in [-0.4, -0.2) is 29.6 Å². The quantitative estimate of drug-likeness (QED) is 0.781. The summed E-state index contributed by atoms with van der Waals surface area (Å²) in [5, 5.41) is 0. The van der Waals surface area contributed by atoms with Gasteiger partial charge in [0.15, 0.2) is 0 Å². The van der Waals surface area contributed by atoms with Crippen molar-refractivity contribution in [1.82, 2.24) is 4.90 Å². The number of nitrogens with two attached hydrogens (primary N) is 1. The summed E-state index contributed by atoms with van der Waals surface area (Å²) < 4.78 is 0. The summed E-state index contributed by atoms with van der Waals surface area (Å²) in [6, 6.07) is 0. The first-order valence-corrected chi connectivity index (χ1v) is 9.42. The van der Waals surface area contributed by atoms with Gasteiger partial charge in [-0.15, -0.1) is 0 Å². The molecule has 0 spiro atoms. The van der Waals surface area contributed by atoms with Crippen molar-refractivity contribution in [3.8, 4) is 0 Å². The van der Waals surface area contributed by atoms with E-state index in [1.807, 2.05) is 0 Å². The number of likely N-dealkylation sites (N-methyl/N-ethyl adjacent to an activating group) is 1. The topological polar surface area (TPSA) is 29.3 Å². The molecule has 0 saturated heterocycles. The maximum atomic E-state index is 6.33. The summed E-state index contributed by atoms with van der Waals surface area (Å²) in [5.41, 5.74) is 6.80. The van der Waals surface area contributed by atoms with E-state index in [1.165, 1.54) is 77.0 Å². The minimum absolute atomic E-state index is 0.221. The monoisotopic (exact) mass is 296 g/mol. The lowest BCUT2D eigenvalue weighted by Gasteiger charge is -2.50. The molecule has 2 heteroatoms. The van der Waals surface area contributed by atoms with E-state index >= 15 is 0 Å². The van der Waals surface area contributed by atoms with Crippen molar-refractivity contribution < 1.29 is 0 Å². The number of hydrogen-bond donors (Lipinski definition) is 1. The first-order chi connectivity index (χ1) is 9.98. The van der Waals surface area contributed by atoms with E-state index in [1.54, 1.807) is 0 Å². The average molecular weight is 297 g/mol. The lowest BCUT2D eigenvalue weighted by molar-refractivity contribution is 0.00804. The zero-order chi connectivity index (χ0) is 15.8. The molecule has 1 rings (SSSR count). The Labute approximate surface area is 133 Å². The van der Waals surface area contributed by atoms with E-state index in [2.05, 4.69) is 32.7 Å². The van der Waals surface area contributed by atoms with E-state index in [0.717, 1.165) is 6.54 Å². The van der Waals surface area contributed by atoms with Crippen molar-refractivity contribution >= 4 is 0 Å². The average Bonchev–Trinajstić information content (AvgIpc) is 2.47. The van der Waals surface area contributed by atoms with Crippen molar-refractivity contribution in [2.45, 2.75) is 109 Å². The summed E-state index contributed by atoms with van der Waals surface area (Å²) in [5.74, 6) is 0. The van der Waals surface area contributed by atoms with Gasteiger partial charge in [-0.3, -0.25) is 4.90 Å². The maximum Gasteiger partial charge on any atom is 0.0334 e. The third-order valence-electron chi connectivity index (χ3n) is 6.15. The van der Waals surface area contributed by atoms with Gasteiger partial charge in [-0.25, -0.2) is 0 Å². The molecule has 0 aromatic rings. The van der Waals surface area contributed by atoms with Gasteiger partial charge >= 0.3 is 0 Å². The second-order valence-corrected chi connectivity index (χ2v) is 7.84.